The summed E-state index contributed by atoms with van der Waals surface area (Å²) in [5, 5.41) is 3.23. The molecule has 1 N–H and O–H groups in total. The molecule has 1 aliphatic heterocycles. The molecule has 2 aromatic carbocycles. The van der Waals surface area contributed by atoms with Crippen molar-refractivity contribution in [3.63, 3.8) is 0 Å². The average Bonchev–Trinajstić information content (AvgIpc) is 3.29. The molecule has 1 saturated heterocycles. The van der Waals surface area contributed by atoms with E-state index in [-0.39, 0.29) is 0 Å². The zero-order valence-corrected chi connectivity index (χ0v) is 16.5. The molecule has 1 aliphatic rings. The van der Waals surface area contributed by atoms with Crippen molar-refractivity contribution < 1.29 is 4.90 Å². The number of rotatable bonds is 4. The Bertz CT molecular complexity index is 1050. The number of hydrogen-bond donors (Lipinski definition) is 1. The lowest BCUT2D eigenvalue weighted by molar-refractivity contribution is -0.914. The Balaban J connectivity index is 1.40. The molecule has 1 fully saturated rings. The monoisotopic (exact) mass is 387 g/mol. The van der Waals surface area contributed by atoms with E-state index >= 15 is 0 Å². The molecule has 0 saturated carbocycles. The molecule has 0 radical (unpaired) electrons. The minimum absolute atomic E-state index is 0.836. The topological polar surface area (TPSA) is 33.5 Å². The Morgan fingerprint density at radius 1 is 0.857 bits per heavy atom. The lowest BCUT2D eigenvalue weighted by Gasteiger charge is -2.33. The van der Waals surface area contributed by atoms with Gasteiger partial charge < -0.3 is 9.80 Å². The van der Waals surface area contributed by atoms with E-state index in [0.29, 0.717) is 0 Å². The van der Waals surface area contributed by atoms with E-state index in [9.17, 15) is 0 Å². The third kappa shape index (κ3) is 3.51. The van der Waals surface area contributed by atoms with Gasteiger partial charge in [-0.2, -0.15) is 0 Å². The lowest BCUT2D eigenvalue weighted by atomic mass is 10.2. The van der Waals surface area contributed by atoms with Crippen LogP contribution in [-0.2, 0) is 6.54 Å². The molecular formula is C23H23N4S+. The van der Waals surface area contributed by atoms with Gasteiger partial charge in [-0.15, -0.1) is 11.3 Å². The number of thiophene rings is 1. The molecule has 3 heterocycles. The molecule has 0 aliphatic carbocycles. The van der Waals surface area contributed by atoms with Crippen LogP contribution in [-0.4, -0.2) is 36.1 Å². The number of aromatic nitrogens is 2. The summed E-state index contributed by atoms with van der Waals surface area (Å²) in [5.74, 6) is 1.91. The van der Waals surface area contributed by atoms with Gasteiger partial charge in [0.25, 0.3) is 0 Å². The van der Waals surface area contributed by atoms with Crippen LogP contribution in [0.3, 0.4) is 0 Å². The maximum atomic E-state index is 4.99. The quantitative estimate of drug-likeness (QED) is 0.584. The number of benzene rings is 2. The maximum Gasteiger partial charge on any atom is 0.172 e. The highest BCUT2D eigenvalue weighted by atomic mass is 32.1. The molecule has 0 unspecified atom stereocenters. The van der Waals surface area contributed by atoms with Gasteiger partial charge in [0.05, 0.1) is 36.6 Å². The van der Waals surface area contributed by atoms with E-state index < -0.39 is 0 Å². The number of piperazine rings is 1. The Labute approximate surface area is 169 Å². The highest BCUT2D eigenvalue weighted by molar-refractivity contribution is 7.13. The number of hydrogen-bond acceptors (Lipinski definition) is 4. The SMILES string of the molecule is c1ccc(C[NH+]2CCN(c3nc(-c4cccs4)nc4ccccc34)CC2)cc1. The van der Waals surface area contributed by atoms with Gasteiger partial charge in [-0.1, -0.05) is 48.5 Å². The summed E-state index contributed by atoms with van der Waals surface area (Å²) in [6.07, 6.45) is 0. The van der Waals surface area contributed by atoms with Crippen molar-refractivity contribution in [3.8, 4) is 10.7 Å². The first-order valence-corrected chi connectivity index (χ1v) is 10.7. The van der Waals surface area contributed by atoms with Crippen molar-refractivity contribution >= 4 is 28.1 Å². The summed E-state index contributed by atoms with van der Waals surface area (Å²) in [6, 6.07) is 23.3. The van der Waals surface area contributed by atoms with Crippen LogP contribution in [0.15, 0.2) is 72.1 Å². The predicted octanol–water partition coefficient (Wildman–Crippen LogP) is 3.26. The number of nitrogens with zero attached hydrogens (tertiary/aromatic N) is 3. The fraction of sp³-hybridized carbons (Fsp3) is 0.217. The van der Waals surface area contributed by atoms with Crippen LogP contribution < -0.4 is 9.80 Å². The Hall–Kier alpha value is -2.76. The van der Waals surface area contributed by atoms with Gasteiger partial charge in [0, 0.05) is 10.9 Å². The second kappa shape index (κ2) is 7.70. The summed E-state index contributed by atoms with van der Waals surface area (Å²) in [7, 11) is 0. The van der Waals surface area contributed by atoms with Crippen molar-refractivity contribution in [1.82, 2.24) is 9.97 Å². The molecule has 28 heavy (non-hydrogen) atoms. The maximum absolute atomic E-state index is 4.99. The zero-order valence-electron chi connectivity index (χ0n) is 15.7. The number of fused-ring (bicyclic) bond motifs is 1. The standard InChI is InChI=1S/C23H22N4S/c1-2-7-18(8-3-1)17-26-12-14-27(15-13-26)23-19-9-4-5-10-20(19)24-22(25-23)21-11-6-16-28-21/h1-11,16H,12-15,17H2/p+1. The lowest BCUT2D eigenvalue weighted by Crippen LogP contribution is -3.13. The van der Waals surface area contributed by atoms with Crippen molar-refractivity contribution in [1.29, 1.82) is 0 Å². The molecular weight excluding hydrogens is 364 g/mol. The van der Waals surface area contributed by atoms with Gasteiger partial charge in [0.15, 0.2) is 5.82 Å². The summed E-state index contributed by atoms with van der Waals surface area (Å²) < 4.78 is 0. The van der Waals surface area contributed by atoms with Gasteiger partial charge in [-0.25, -0.2) is 9.97 Å². The van der Waals surface area contributed by atoms with Crippen LogP contribution in [0.2, 0.25) is 0 Å². The van der Waals surface area contributed by atoms with E-state index in [4.69, 9.17) is 9.97 Å². The van der Waals surface area contributed by atoms with Crippen molar-refractivity contribution in [2.75, 3.05) is 31.1 Å². The highest BCUT2D eigenvalue weighted by Gasteiger charge is 2.23. The Morgan fingerprint density at radius 3 is 2.43 bits per heavy atom. The van der Waals surface area contributed by atoms with Crippen LogP contribution in [0.5, 0.6) is 0 Å². The number of anilines is 1. The number of para-hydroxylation sites is 1. The zero-order chi connectivity index (χ0) is 18.8. The molecule has 0 spiro atoms. The largest absolute Gasteiger partial charge is 0.345 e. The molecule has 5 rings (SSSR count). The fourth-order valence-corrected chi connectivity index (χ4v) is 4.57. The van der Waals surface area contributed by atoms with E-state index in [0.717, 1.165) is 60.1 Å². The molecule has 0 atom stereocenters. The fourth-order valence-electron chi connectivity index (χ4n) is 3.91. The van der Waals surface area contributed by atoms with Crippen LogP contribution in [0.25, 0.3) is 21.6 Å². The van der Waals surface area contributed by atoms with Crippen LogP contribution >= 0.6 is 11.3 Å². The predicted molar refractivity (Wildman–Crippen MR) is 116 cm³/mol. The second-order valence-corrected chi connectivity index (χ2v) is 8.21. The van der Waals surface area contributed by atoms with E-state index in [1.54, 1.807) is 16.2 Å². The molecule has 0 bridgehead atoms. The smallest absolute Gasteiger partial charge is 0.172 e. The van der Waals surface area contributed by atoms with Crippen molar-refractivity contribution in [3.05, 3.63) is 77.7 Å². The van der Waals surface area contributed by atoms with Gasteiger partial charge in [0.1, 0.15) is 12.4 Å². The third-order valence-corrected chi connectivity index (χ3v) is 6.26. The second-order valence-electron chi connectivity index (χ2n) is 7.26. The molecule has 4 aromatic rings. The summed E-state index contributed by atoms with van der Waals surface area (Å²) in [6.45, 7) is 5.39. The van der Waals surface area contributed by atoms with Crippen molar-refractivity contribution in [2.45, 2.75) is 6.54 Å². The first kappa shape index (κ1) is 17.3. The summed E-state index contributed by atoms with van der Waals surface area (Å²) in [4.78, 5) is 15.0. The first-order chi connectivity index (χ1) is 13.9. The third-order valence-electron chi connectivity index (χ3n) is 5.39. The molecule has 0 amide bonds. The van der Waals surface area contributed by atoms with Gasteiger partial charge in [-0.05, 0) is 23.6 Å². The number of nitrogens with one attached hydrogen (secondary N) is 1. The Kier molecular flexibility index (Phi) is 4.77. The molecule has 140 valence electrons. The summed E-state index contributed by atoms with van der Waals surface area (Å²) in [5.41, 5.74) is 2.44. The van der Waals surface area contributed by atoms with Gasteiger partial charge in [-0.3, -0.25) is 0 Å². The molecule has 5 heteroatoms. The Morgan fingerprint density at radius 2 is 1.64 bits per heavy atom. The van der Waals surface area contributed by atoms with Gasteiger partial charge >= 0.3 is 0 Å². The van der Waals surface area contributed by atoms with E-state index in [1.807, 2.05) is 0 Å². The van der Waals surface area contributed by atoms with Crippen LogP contribution in [0.1, 0.15) is 5.56 Å². The van der Waals surface area contributed by atoms with Crippen LogP contribution in [0, 0.1) is 0 Å². The highest BCUT2D eigenvalue weighted by Crippen LogP contribution is 2.29. The normalized spacial score (nSPS) is 15.2. The average molecular weight is 388 g/mol. The minimum atomic E-state index is 0.836. The van der Waals surface area contributed by atoms with E-state index in [2.05, 4.69) is 77.0 Å². The number of quaternary nitrogens is 1. The van der Waals surface area contributed by atoms with Gasteiger partial charge in [0.2, 0.25) is 0 Å². The van der Waals surface area contributed by atoms with E-state index in [1.165, 1.54) is 5.56 Å². The summed E-state index contributed by atoms with van der Waals surface area (Å²) >= 11 is 1.69. The molecule has 4 nitrogen and oxygen atoms in total. The minimum Gasteiger partial charge on any atom is -0.345 e. The van der Waals surface area contributed by atoms with Crippen LogP contribution in [0.4, 0.5) is 5.82 Å². The first-order valence-electron chi connectivity index (χ1n) is 9.80. The molecule has 2 aromatic heterocycles. The van der Waals surface area contributed by atoms with Crippen molar-refractivity contribution in [2.24, 2.45) is 0 Å².